The molecule has 0 spiro atoms. The van der Waals surface area contributed by atoms with E-state index in [0.29, 0.717) is 23.5 Å². The zero-order chi connectivity index (χ0) is 19.9. The molecule has 3 aromatic rings. The maximum atomic E-state index is 14.8. The van der Waals surface area contributed by atoms with E-state index < -0.39 is 11.6 Å². The number of aryl methyl sites for hydroxylation is 1. The number of hydrogen-bond acceptors (Lipinski definition) is 1. The lowest BCUT2D eigenvalue weighted by atomic mass is 9.97. The van der Waals surface area contributed by atoms with Gasteiger partial charge < -0.3 is 4.74 Å². The standard InChI is InChI=1S/C25H26F2O/c1-3-5-6-7-18-8-10-19(11-9-18)22-16-17-23(25(27)24(22)26)20-12-14-21(15-13-20)28-4-2/h8-17H,3-7H2,1-2H3. The summed E-state index contributed by atoms with van der Waals surface area (Å²) in [5, 5.41) is 0. The first kappa shape index (κ1) is 20.1. The lowest BCUT2D eigenvalue weighted by molar-refractivity contribution is 0.340. The summed E-state index contributed by atoms with van der Waals surface area (Å²) in [6.07, 6.45) is 4.55. The minimum absolute atomic E-state index is 0.250. The summed E-state index contributed by atoms with van der Waals surface area (Å²) in [6, 6.07) is 18.1. The van der Waals surface area contributed by atoms with E-state index in [1.807, 2.05) is 31.2 Å². The van der Waals surface area contributed by atoms with Gasteiger partial charge in [-0.2, -0.15) is 0 Å². The zero-order valence-corrected chi connectivity index (χ0v) is 16.5. The van der Waals surface area contributed by atoms with E-state index in [1.54, 1.807) is 36.4 Å². The molecule has 0 amide bonds. The number of rotatable bonds is 8. The first-order valence-electron chi connectivity index (χ1n) is 9.94. The molecule has 0 aliphatic heterocycles. The average Bonchev–Trinajstić information content (AvgIpc) is 2.72. The third-order valence-corrected chi connectivity index (χ3v) is 4.89. The Balaban J connectivity index is 1.83. The molecule has 0 aromatic heterocycles. The lowest BCUT2D eigenvalue weighted by Gasteiger charge is -2.11. The van der Waals surface area contributed by atoms with Crippen molar-refractivity contribution >= 4 is 0 Å². The van der Waals surface area contributed by atoms with E-state index >= 15 is 0 Å². The van der Waals surface area contributed by atoms with Crippen LogP contribution in [-0.2, 0) is 6.42 Å². The molecule has 0 unspecified atom stereocenters. The van der Waals surface area contributed by atoms with Crippen molar-refractivity contribution in [2.75, 3.05) is 6.61 Å². The van der Waals surface area contributed by atoms with E-state index in [4.69, 9.17) is 4.74 Å². The molecular weight excluding hydrogens is 354 g/mol. The fourth-order valence-electron chi connectivity index (χ4n) is 3.32. The third kappa shape index (κ3) is 4.59. The Hall–Kier alpha value is -2.68. The van der Waals surface area contributed by atoms with Crippen LogP contribution in [0.15, 0.2) is 60.7 Å². The van der Waals surface area contributed by atoms with Crippen molar-refractivity contribution in [1.82, 2.24) is 0 Å². The lowest BCUT2D eigenvalue weighted by Crippen LogP contribution is -1.95. The Labute approximate surface area is 166 Å². The molecule has 0 bridgehead atoms. The van der Waals surface area contributed by atoms with Crippen LogP contribution in [0.4, 0.5) is 8.78 Å². The van der Waals surface area contributed by atoms with Gasteiger partial charge in [0.25, 0.3) is 0 Å². The molecule has 1 nitrogen and oxygen atoms in total. The van der Waals surface area contributed by atoms with Crippen molar-refractivity contribution in [3.8, 4) is 28.0 Å². The van der Waals surface area contributed by atoms with Crippen LogP contribution in [0.5, 0.6) is 5.75 Å². The molecule has 0 aliphatic rings. The third-order valence-electron chi connectivity index (χ3n) is 4.89. The molecule has 0 saturated carbocycles. The summed E-state index contributed by atoms with van der Waals surface area (Å²) < 4.78 is 34.9. The highest BCUT2D eigenvalue weighted by Crippen LogP contribution is 2.32. The van der Waals surface area contributed by atoms with Crippen LogP contribution in [0.3, 0.4) is 0 Å². The van der Waals surface area contributed by atoms with Gasteiger partial charge in [0, 0.05) is 11.1 Å². The molecular formula is C25H26F2O. The Morgan fingerprint density at radius 1 is 0.679 bits per heavy atom. The Morgan fingerprint density at radius 2 is 1.21 bits per heavy atom. The zero-order valence-electron chi connectivity index (χ0n) is 16.5. The predicted octanol–water partition coefficient (Wildman–Crippen LogP) is 7.43. The summed E-state index contributed by atoms with van der Waals surface area (Å²) in [5.41, 5.74) is 3.07. The second-order valence-electron chi connectivity index (χ2n) is 6.90. The van der Waals surface area contributed by atoms with Crippen molar-refractivity contribution in [2.45, 2.75) is 39.5 Å². The summed E-state index contributed by atoms with van der Waals surface area (Å²) in [7, 11) is 0. The Kier molecular flexibility index (Phi) is 6.80. The molecule has 0 saturated heterocycles. The van der Waals surface area contributed by atoms with Crippen molar-refractivity contribution < 1.29 is 13.5 Å². The average molecular weight is 380 g/mol. The molecule has 3 rings (SSSR count). The minimum atomic E-state index is -0.825. The Bertz CT molecular complexity index is 899. The molecule has 146 valence electrons. The van der Waals surface area contributed by atoms with E-state index in [0.717, 1.165) is 12.8 Å². The first-order valence-corrected chi connectivity index (χ1v) is 9.94. The molecule has 0 atom stereocenters. The second-order valence-corrected chi connectivity index (χ2v) is 6.90. The smallest absolute Gasteiger partial charge is 0.167 e. The summed E-state index contributed by atoms with van der Waals surface area (Å²) in [5.74, 6) is -0.929. The predicted molar refractivity (Wildman–Crippen MR) is 112 cm³/mol. The molecule has 3 heteroatoms. The van der Waals surface area contributed by atoms with Gasteiger partial charge in [-0.3, -0.25) is 0 Å². The molecule has 0 aliphatic carbocycles. The van der Waals surface area contributed by atoms with Gasteiger partial charge in [0.15, 0.2) is 11.6 Å². The quantitative estimate of drug-likeness (QED) is 0.369. The van der Waals surface area contributed by atoms with E-state index in [1.165, 1.54) is 18.4 Å². The van der Waals surface area contributed by atoms with Crippen molar-refractivity contribution in [3.05, 3.63) is 77.9 Å². The van der Waals surface area contributed by atoms with Gasteiger partial charge >= 0.3 is 0 Å². The normalized spacial score (nSPS) is 10.9. The van der Waals surface area contributed by atoms with Crippen LogP contribution >= 0.6 is 0 Å². The van der Waals surface area contributed by atoms with Gasteiger partial charge in [-0.05, 0) is 48.6 Å². The van der Waals surface area contributed by atoms with Crippen LogP contribution in [0.1, 0.15) is 38.7 Å². The number of halogens is 2. The summed E-state index contributed by atoms with van der Waals surface area (Å²) in [6.45, 7) is 4.64. The molecule has 28 heavy (non-hydrogen) atoms. The van der Waals surface area contributed by atoms with Crippen LogP contribution in [0.2, 0.25) is 0 Å². The van der Waals surface area contributed by atoms with Crippen LogP contribution < -0.4 is 4.74 Å². The van der Waals surface area contributed by atoms with Crippen LogP contribution in [0, 0.1) is 11.6 Å². The highest BCUT2D eigenvalue weighted by Gasteiger charge is 2.16. The second kappa shape index (κ2) is 9.50. The molecule has 0 fully saturated rings. The Morgan fingerprint density at radius 3 is 1.71 bits per heavy atom. The summed E-state index contributed by atoms with van der Waals surface area (Å²) >= 11 is 0. The minimum Gasteiger partial charge on any atom is -0.494 e. The maximum absolute atomic E-state index is 14.8. The van der Waals surface area contributed by atoms with Crippen LogP contribution in [-0.4, -0.2) is 6.61 Å². The number of ether oxygens (including phenoxy) is 1. The van der Waals surface area contributed by atoms with Crippen molar-refractivity contribution in [2.24, 2.45) is 0 Å². The largest absolute Gasteiger partial charge is 0.494 e. The SMILES string of the molecule is CCCCCc1ccc(-c2ccc(-c3ccc(OCC)cc3)c(F)c2F)cc1. The van der Waals surface area contributed by atoms with Gasteiger partial charge in [-0.25, -0.2) is 8.78 Å². The number of unbranched alkanes of at least 4 members (excludes halogenated alkanes) is 2. The molecule has 0 N–H and O–H groups in total. The van der Waals surface area contributed by atoms with Gasteiger partial charge in [-0.1, -0.05) is 68.3 Å². The van der Waals surface area contributed by atoms with E-state index in [9.17, 15) is 8.78 Å². The highest BCUT2D eigenvalue weighted by atomic mass is 19.2. The van der Waals surface area contributed by atoms with Crippen molar-refractivity contribution in [1.29, 1.82) is 0 Å². The fourth-order valence-corrected chi connectivity index (χ4v) is 3.32. The summed E-state index contributed by atoms with van der Waals surface area (Å²) in [4.78, 5) is 0. The molecule has 0 heterocycles. The highest BCUT2D eigenvalue weighted by molar-refractivity contribution is 5.72. The molecule has 0 radical (unpaired) electrons. The van der Waals surface area contributed by atoms with E-state index in [2.05, 4.69) is 6.92 Å². The van der Waals surface area contributed by atoms with Gasteiger partial charge in [0.05, 0.1) is 6.61 Å². The van der Waals surface area contributed by atoms with Crippen molar-refractivity contribution in [3.63, 3.8) is 0 Å². The van der Waals surface area contributed by atoms with Gasteiger partial charge in [0.1, 0.15) is 5.75 Å². The molecule has 3 aromatic carbocycles. The van der Waals surface area contributed by atoms with E-state index in [-0.39, 0.29) is 11.1 Å². The fraction of sp³-hybridized carbons (Fsp3) is 0.280. The van der Waals surface area contributed by atoms with Gasteiger partial charge in [-0.15, -0.1) is 0 Å². The maximum Gasteiger partial charge on any atom is 0.167 e. The van der Waals surface area contributed by atoms with Gasteiger partial charge in [0.2, 0.25) is 0 Å². The number of hydrogen-bond donors (Lipinski definition) is 0. The number of benzene rings is 3. The first-order chi connectivity index (χ1) is 13.6. The van der Waals surface area contributed by atoms with Crippen LogP contribution in [0.25, 0.3) is 22.3 Å². The monoisotopic (exact) mass is 380 g/mol. The topological polar surface area (TPSA) is 9.23 Å².